The van der Waals surface area contributed by atoms with Crippen molar-refractivity contribution in [3.05, 3.63) is 30.3 Å². The number of anilines is 1. The molecule has 0 aromatic heterocycles. The second-order valence-corrected chi connectivity index (χ2v) is 6.83. The van der Waals surface area contributed by atoms with Gasteiger partial charge in [-0.25, -0.2) is 4.79 Å². The molecule has 2 atom stereocenters. The number of hydrogen-bond acceptors (Lipinski definition) is 4. The van der Waals surface area contributed by atoms with Crippen LogP contribution in [0.1, 0.15) is 19.8 Å². The highest BCUT2D eigenvalue weighted by Crippen LogP contribution is 2.16. The molecule has 2 fully saturated rings. The fourth-order valence-corrected chi connectivity index (χ4v) is 3.29. The smallest absolute Gasteiger partial charge is 0.317 e. The Labute approximate surface area is 150 Å². The average Bonchev–Trinajstić information content (AvgIpc) is 3.03. The van der Waals surface area contributed by atoms with E-state index >= 15 is 0 Å². The number of amides is 2. The predicted octanol–water partition coefficient (Wildman–Crippen LogP) is 2.10. The summed E-state index contributed by atoms with van der Waals surface area (Å²) in [7, 11) is 0. The van der Waals surface area contributed by atoms with E-state index < -0.39 is 0 Å². The summed E-state index contributed by atoms with van der Waals surface area (Å²) >= 11 is 0. The van der Waals surface area contributed by atoms with Crippen LogP contribution in [0.15, 0.2) is 30.3 Å². The Kier molecular flexibility index (Phi) is 6.53. The molecular weight excluding hydrogens is 318 g/mol. The van der Waals surface area contributed by atoms with Crippen LogP contribution in [0.4, 0.5) is 10.5 Å². The van der Waals surface area contributed by atoms with Crippen molar-refractivity contribution in [3.8, 4) is 0 Å². The van der Waals surface area contributed by atoms with Crippen LogP contribution in [-0.2, 0) is 9.47 Å². The molecule has 6 nitrogen and oxygen atoms in total. The first-order chi connectivity index (χ1) is 12.2. The molecule has 0 spiro atoms. The maximum Gasteiger partial charge on any atom is 0.317 e. The normalized spacial score (nSPS) is 22.5. The van der Waals surface area contributed by atoms with E-state index in [0.717, 1.165) is 45.6 Å². The maximum absolute atomic E-state index is 12.5. The Morgan fingerprint density at radius 1 is 1.28 bits per heavy atom. The Morgan fingerprint density at radius 3 is 2.88 bits per heavy atom. The van der Waals surface area contributed by atoms with E-state index in [0.29, 0.717) is 13.2 Å². The predicted molar refractivity (Wildman–Crippen MR) is 98.0 cm³/mol. The van der Waals surface area contributed by atoms with Gasteiger partial charge in [0, 0.05) is 38.5 Å². The highest BCUT2D eigenvalue weighted by atomic mass is 16.5. The second kappa shape index (κ2) is 9.06. The van der Waals surface area contributed by atoms with Crippen LogP contribution in [0.5, 0.6) is 0 Å². The number of nitrogens with one attached hydrogen (secondary N) is 1. The average molecular weight is 347 g/mol. The molecule has 2 saturated heterocycles. The SMILES string of the molecule is C[C@H](CO[C@H]1CCOC1)NC(=O)N1CCCN(c2ccccc2)CC1. The number of rotatable bonds is 5. The van der Waals surface area contributed by atoms with E-state index in [-0.39, 0.29) is 18.2 Å². The van der Waals surface area contributed by atoms with Crippen molar-refractivity contribution in [1.29, 1.82) is 0 Å². The third kappa shape index (κ3) is 5.34. The van der Waals surface area contributed by atoms with Gasteiger partial charge in [0.1, 0.15) is 0 Å². The first kappa shape index (κ1) is 18.0. The molecular formula is C19H29N3O3. The molecule has 2 aliphatic rings. The summed E-state index contributed by atoms with van der Waals surface area (Å²) in [6, 6.07) is 10.4. The molecule has 0 radical (unpaired) electrons. The van der Waals surface area contributed by atoms with Crippen molar-refractivity contribution in [2.24, 2.45) is 0 Å². The number of hydrogen-bond donors (Lipinski definition) is 1. The van der Waals surface area contributed by atoms with Crippen molar-refractivity contribution in [3.63, 3.8) is 0 Å². The molecule has 1 aromatic rings. The lowest BCUT2D eigenvalue weighted by Crippen LogP contribution is -2.47. The zero-order valence-corrected chi connectivity index (χ0v) is 15.0. The van der Waals surface area contributed by atoms with Crippen LogP contribution in [0, 0.1) is 0 Å². The van der Waals surface area contributed by atoms with Gasteiger partial charge in [0.25, 0.3) is 0 Å². The van der Waals surface area contributed by atoms with E-state index in [1.807, 2.05) is 17.9 Å². The number of carbonyl (C=O) groups excluding carboxylic acids is 1. The minimum Gasteiger partial charge on any atom is -0.379 e. The Morgan fingerprint density at radius 2 is 2.12 bits per heavy atom. The van der Waals surface area contributed by atoms with Crippen molar-refractivity contribution in [1.82, 2.24) is 10.2 Å². The zero-order valence-electron chi connectivity index (χ0n) is 15.0. The summed E-state index contributed by atoms with van der Waals surface area (Å²) < 4.78 is 11.1. The van der Waals surface area contributed by atoms with E-state index in [4.69, 9.17) is 9.47 Å². The van der Waals surface area contributed by atoms with E-state index in [1.165, 1.54) is 5.69 Å². The van der Waals surface area contributed by atoms with E-state index in [2.05, 4.69) is 34.5 Å². The molecule has 2 heterocycles. The van der Waals surface area contributed by atoms with Gasteiger partial charge in [-0.05, 0) is 31.9 Å². The number of urea groups is 1. The molecule has 0 saturated carbocycles. The lowest BCUT2D eigenvalue weighted by Gasteiger charge is -2.25. The Bertz CT molecular complexity index is 534. The molecule has 25 heavy (non-hydrogen) atoms. The Balaban J connectivity index is 1.42. The van der Waals surface area contributed by atoms with Crippen LogP contribution in [0.3, 0.4) is 0 Å². The van der Waals surface area contributed by atoms with Gasteiger partial charge in [0.05, 0.1) is 25.4 Å². The van der Waals surface area contributed by atoms with Gasteiger partial charge in [0.2, 0.25) is 0 Å². The second-order valence-electron chi connectivity index (χ2n) is 6.83. The van der Waals surface area contributed by atoms with Gasteiger partial charge in [0.15, 0.2) is 0 Å². The van der Waals surface area contributed by atoms with Gasteiger partial charge >= 0.3 is 6.03 Å². The summed E-state index contributed by atoms with van der Waals surface area (Å²) in [5.41, 5.74) is 1.23. The number of carbonyl (C=O) groups is 1. The van der Waals surface area contributed by atoms with E-state index in [1.54, 1.807) is 0 Å². The molecule has 138 valence electrons. The number of benzene rings is 1. The van der Waals surface area contributed by atoms with Crippen LogP contribution in [0.2, 0.25) is 0 Å². The summed E-state index contributed by atoms with van der Waals surface area (Å²) in [6.07, 6.45) is 2.10. The minimum atomic E-state index is 0.00146. The summed E-state index contributed by atoms with van der Waals surface area (Å²) in [4.78, 5) is 16.8. The topological polar surface area (TPSA) is 54.0 Å². The van der Waals surface area contributed by atoms with Crippen LogP contribution >= 0.6 is 0 Å². The molecule has 1 N–H and O–H groups in total. The molecule has 6 heteroatoms. The van der Waals surface area contributed by atoms with Crippen molar-refractivity contribution >= 4 is 11.7 Å². The first-order valence-corrected chi connectivity index (χ1v) is 9.27. The molecule has 2 amide bonds. The summed E-state index contributed by atoms with van der Waals surface area (Å²) in [5, 5.41) is 3.06. The van der Waals surface area contributed by atoms with Gasteiger partial charge in [-0.1, -0.05) is 18.2 Å². The standard InChI is InChI=1S/C19H29N3O3/c1-16(14-25-18-8-13-24-15-18)20-19(23)22-10-5-9-21(11-12-22)17-6-3-2-4-7-17/h2-4,6-7,16,18H,5,8-15H2,1H3,(H,20,23)/t16-,18+/m1/s1. The van der Waals surface area contributed by atoms with Gasteiger partial charge < -0.3 is 24.6 Å². The third-order valence-corrected chi connectivity index (χ3v) is 4.74. The highest BCUT2D eigenvalue weighted by Gasteiger charge is 2.22. The monoisotopic (exact) mass is 347 g/mol. The van der Waals surface area contributed by atoms with Crippen LogP contribution < -0.4 is 10.2 Å². The van der Waals surface area contributed by atoms with Gasteiger partial charge in [-0.3, -0.25) is 0 Å². The zero-order chi connectivity index (χ0) is 17.5. The molecule has 0 bridgehead atoms. The molecule has 2 aliphatic heterocycles. The number of ether oxygens (including phenoxy) is 2. The summed E-state index contributed by atoms with van der Waals surface area (Å²) in [6.45, 7) is 7.34. The van der Waals surface area contributed by atoms with Crippen molar-refractivity contribution < 1.29 is 14.3 Å². The van der Waals surface area contributed by atoms with Gasteiger partial charge in [-0.2, -0.15) is 0 Å². The lowest BCUT2D eigenvalue weighted by atomic mass is 10.3. The number of nitrogens with zero attached hydrogens (tertiary/aromatic N) is 2. The van der Waals surface area contributed by atoms with Crippen LogP contribution in [-0.4, -0.2) is 69.1 Å². The minimum absolute atomic E-state index is 0.00146. The number of para-hydroxylation sites is 1. The fourth-order valence-electron chi connectivity index (χ4n) is 3.29. The lowest BCUT2D eigenvalue weighted by molar-refractivity contribution is 0.0331. The molecule has 1 aromatic carbocycles. The third-order valence-electron chi connectivity index (χ3n) is 4.74. The summed E-state index contributed by atoms with van der Waals surface area (Å²) in [5.74, 6) is 0. The first-order valence-electron chi connectivity index (χ1n) is 9.27. The van der Waals surface area contributed by atoms with Crippen LogP contribution in [0.25, 0.3) is 0 Å². The highest BCUT2D eigenvalue weighted by molar-refractivity contribution is 5.74. The fraction of sp³-hybridized carbons (Fsp3) is 0.632. The molecule has 3 rings (SSSR count). The molecule has 0 aliphatic carbocycles. The molecule has 0 unspecified atom stereocenters. The van der Waals surface area contributed by atoms with Gasteiger partial charge in [-0.15, -0.1) is 0 Å². The van der Waals surface area contributed by atoms with Crippen molar-refractivity contribution in [2.45, 2.75) is 31.9 Å². The van der Waals surface area contributed by atoms with E-state index in [9.17, 15) is 4.79 Å². The van der Waals surface area contributed by atoms with Crippen molar-refractivity contribution in [2.75, 3.05) is 50.9 Å². The Hall–Kier alpha value is -1.79. The quantitative estimate of drug-likeness (QED) is 0.886. The maximum atomic E-state index is 12.5. The largest absolute Gasteiger partial charge is 0.379 e.